The van der Waals surface area contributed by atoms with E-state index in [1.165, 1.54) is 18.2 Å². The van der Waals surface area contributed by atoms with Crippen molar-refractivity contribution in [3.63, 3.8) is 0 Å². The summed E-state index contributed by atoms with van der Waals surface area (Å²) >= 11 is 1.55. The highest BCUT2D eigenvalue weighted by atomic mass is 32.2. The summed E-state index contributed by atoms with van der Waals surface area (Å²) in [5.41, 5.74) is 0.857. The maximum absolute atomic E-state index is 13.7. The Morgan fingerprint density at radius 2 is 1.86 bits per heavy atom. The first-order valence-corrected chi connectivity index (χ1v) is 9.97. The van der Waals surface area contributed by atoms with Crippen molar-refractivity contribution in [3.8, 4) is 0 Å². The zero-order chi connectivity index (χ0) is 19.7. The van der Waals surface area contributed by atoms with E-state index >= 15 is 0 Å². The molecule has 0 radical (unpaired) electrons. The number of carbonyl (C=O) groups excluding carboxylic acids is 3. The minimum absolute atomic E-state index is 0.101. The Labute approximate surface area is 165 Å². The summed E-state index contributed by atoms with van der Waals surface area (Å²) in [6, 6.07) is 14.4. The largest absolute Gasteiger partial charge is 0.456 e. The molecule has 4 rings (SSSR count). The molecule has 0 spiro atoms. The number of rotatable bonds is 5. The Bertz CT molecular complexity index is 935. The number of amides is 1. The van der Waals surface area contributed by atoms with Gasteiger partial charge >= 0.3 is 5.97 Å². The Morgan fingerprint density at radius 1 is 1.14 bits per heavy atom. The van der Waals surface area contributed by atoms with E-state index in [9.17, 15) is 18.8 Å². The number of Topliss-reactive ketones (excluding diaryl/α,β-unsaturated/α-hetero) is 1. The molecule has 0 bridgehead atoms. The van der Waals surface area contributed by atoms with Crippen molar-refractivity contribution in [1.29, 1.82) is 0 Å². The quantitative estimate of drug-likeness (QED) is 0.571. The van der Waals surface area contributed by atoms with Gasteiger partial charge in [-0.15, -0.1) is 11.8 Å². The molecule has 0 unspecified atom stereocenters. The SMILES string of the molecule is O=C(COC(=O)[C@H]1CS[C@]2(c3ccccc3)CCC(=O)N12)c1ccccc1F. The van der Waals surface area contributed by atoms with Crippen LogP contribution >= 0.6 is 11.8 Å². The lowest BCUT2D eigenvalue weighted by Crippen LogP contribution is -2.47. The minimum Gasteiger partial charge on any atom is -0.456 e. The first-order valence-electron chi connectivity index (χ1n) is 8.99. The van der Waals surface area contributed by atoms with Gasteiger partial charge in [-0.25, -0.2) is 9.18 Å². The van der Waals surface area contributed by atoms with E-state index in [1.54, 1.807) is 22.7 Å². The summed E-state index contributed by atoms with van der Waals surface area (Å²) in [4.78, 5) is 38.4. The molecule has 2 aromatic rings. The van der Waals surface area contributed by atoms with Gasteiger partial charge in [-0.2, -0.15) is 0 Å². The fourth-order valence-corrected chi connectivity index (χ4v) is 5.45. The number of ketones is 1. The number of fused-ring (bicyclic) bond motifs is 1. The number of benzene rings is 2. The average Bonchev–Trinajstić information content (AvgIpc) is 3.26. The lowest BCUT2D eigenvalue weighted by molar-refractivity contribution is -0.152. The number of halogens is 1. The van der Waals surface area contributed by atoms with Gasteiger partial charge in [0.05, 0.1) is 5.56 Å². The maximum Gasteiger partial charge on any atom is 0.330 e. The smallest absolute Gasteiger partial charge is 0.330 e. The maximum atomic E-state index is 13.7. The summed E-state index contributed by atoms with van der Waals surface area (Å²) in [6.45, 7) is -0.554. The molecule has 0 saturated carbocycles. The van der Waals surface area contributed by atoms with Crippen molar-refractivity contribution in [1.82, 2.24) is 4.90 Å². The van der Waals surface area contributed by atoms with Gasteiger partial charge in [0.2, 0.25) is 11.7 Å². The van der Waals surface area contributed by atoms with E-state index < -0.39 is 35.1 Å². The average molecular weight is 399 g/mol. The van der Waals surface area contributed by atoms with Crippen molar-refractivity contribution < 1.29 is 23.5 Å². The third kappa shape index (κ3) is 3.09. The second kappa shape index (κ2) is 7.39. The Balaban J connectivity index is 1.49. The van der Waals surface area contributed by atoms with Crippen LogP contribution in [0.1, 0.15) is 28.8 Å². The molecule has 144 valence electrons. The molecule has 2 aliphatic rings. The van der Waals surface area contributed by atoms with Crippen LogP contribution in [0.3, 0.4) is 0 Å². The molecule has 28 heavy (non-hydrogen) atoms. The van der Waals surface area contributed by atoms with Crippen LogP contribution in [0.15, 0.2) is 54.6 Å². The standard InChI is InChI=1S/C21H18FNO4S/c22-16-9-5-4-8-15(16)18(24)12-27-20(26)17-13-28-21(11-10-19(25)23(17)21)14-6-2-1-3-7-14/h1-9,17H,10-13H2/t17-,21+/m1/s1. The lowest BCUT2D eigenvalue weighted by atomic mass is 10.0. The third-order valence-corrected chi connectivity index (χ3v) is 6.74. The molecule has 2 saturated heterocycles. The summed E-state index contributed by atoms with van der Waals surface area (Å²) in [5, 5.41) is 0. The number of hydrogen-bond donors (Lipinski definition) is 0. The van der Waals surface area contributed by atoms with Gasteiger partial charge in [-0.1, -0.05) is 42.5 Å². The topological polar surface area (TPSA) is 63.7 Å². The molecule has 7 heteroatoms. The Kier molecular flexibility index (Phi) is 4.93. The van der Waals surface area contributed by atoms with Crippen molar-refractivity contribution in [3.05, 3.63) is 71.5 Å². The van der Waals surface area contributed by atoms with E-state index in [2.05, 4.69) is 0 Å². The summed E-state index contributed by atoms with van der Waals surface area (Å²) < 4.78 is 18.9. The van der Waals surface area contributed by atoms with Crippen LogP contribution in [-0.2, 0) is 19.2 Å². The zero-order valence-electron chi connectivity index (χ0n) is 15.0. The number of hydrogen-bond acceptors (Lipinski definition) is 5. The number of nitrogens with zero attached hydrogens (tertiary/aromatic N) is 1. The van der Waals surface area contributed by atoms with Crippen molar-refractivity contribution >= 4 is 29.4 Å². The van der Waals surface area contributed by atoms with E-state index in [1.807, 2.05) is 30.3 Å². The highest BCUT2D eigenvalue weighted by Crippen LogP contribution is 2.54. The third-order valence-electron chi connectivity index (χ3n) is 5.14. The van der Waals surface area contributed by atoms with Crippen LogP contribution in [0.4, 0.5) is 4.39 Å². The molecule has 0 aromatic heterocycles. The summed E-state index contributed by atoms with van der Waals surface area (Å²) in [6.07, 6.45) is 0.984. The van der Waals surface area contributed by atoms with Crippen LogP contribution in [0.25, 0.3) is 0 Å². The molecule has 2 fully saturated rings. The number of thioether (sulfide) groups is 1. The van der Waals surface area contributed by atoms with E-state index in [4.69, 9.17) is 4.74 Å². The number of esters is 1. The van der Waals surface area contributed by atoms with E-state index in [0.29, 0.717) is 18.6 Å². The molecule has 2 aliphatic heterocycles. The van der Waals surface area contributed by atoms with Gasteiger partial charge in [0.1, 0.15) is 16.7 Å². The zero-order valence-corrected chi connectivity index (χ0v) is 15.8. The first-order chi connectivity index (χ1) is 13.5. The molecule has 1 amide bonds. The minimum atomic E-state index is -0.756. The second-order valence-corrected chi connectivity index (χ2v) is 8.05. The van der Waals surface area contributed by atoms with Crippen LogP contribution in [0.5, 0.6) is 0 Å². The monoisotopic (exact) mass is 399 g/mol. The number of ether oxygens (including phenoxy) is 1. The van der Waals surface area contributed by atoms with Crippen molar-refractivity contribution in [2.24, 2.45) is 0 Å². The second-order valence-electron chi connectivity index (χ2n) is 6.75. The van der Waals surface area contributed by atoms with Gasteiger partial charge in [0, 0.05) is 12.2 Å². The normalized spacial score (nSPS) is 23.5. The summed E-state index contributed by atoms with van der Waals surface area (Å²) in [5.74, 6) is -1.61. The van der Waals surface area contributed by atoms with Crippen LogP contribution in [0, 0.1) is 5.82 Å². The molecular weight excluding hydrogens is 381 g/mol. The van der Waals surface area contributed by atoms with Gasteiger partial charge in [0.15, 0.2) is 6.61 Å². The van der Waals surface area contributed by atoms with Crippen LogP contribution < -0.4 is 0 Å². The highest BCUT2D eigenvalue weighted by molar-refractivity contribution is 8.00. The summed E-state index contributed by atoms with van der Waals surface area (Å²) in [7, 11) is 0. The van der Waals surface area contributed by atoms with Gasteiger partial charge in [0.25, 0.3) is 0 Å². The van der Waals surface area contributed by atoms with Gasteiger partial charge in [-0.05, 0) is 24.1 Å². The highest BCUT2D eigenvalue weighted by Gasteiger charge is 2.57. The Morgan fingerprint density at radius 3 is 2.61 bits per heavy atom. The number of carbonyl (C=O) groups is 3. The van der Waals surface area contributed by atoms with Crippen molar-refractivity contribution in [2.75, 3.05) is 12.4 Å². The lowest BCUT2D eigenvalue weighted by Gasteiger charge is -2.33. The molecule has 0 aliphatic carbocycles. The molecule has 2 aromatic carbocycles. The van der Waals surface area contributed by atoms with Crippen molar-refractivity contribution in [2.45, 2.75) is 23.8 Å². The van der Waals surface area contributed by atoms with Crippen LogP contribution in [-0.4, -0.2) is 41.0 Å². The predicted molar refractivity (Wildman–Crippen MR) is 102 cm³/mol. The fourth-order valence-electron chi connectivity index (χ4n) is 3.81. The molecule has 5 nitrogen and oxygen atoms in total. The Hall–Kier alpha value is -2.67. The fraction of sp³-hybridized carbons (Fsp3) is 0.286. The van der Waals surface area contributed by atoms with Gasteiger partial charge in [-0.3, -0.25) is 9.59 Å². The predicted octanol–water partition coefficient (Wildman–Crippen LogP) is 3.14. The first kappa shape index (κ1) is 18.7. The van der Waals surface area contributed by atoms with E-state index in [-0.39, 0.29) is 11.5 Å². The molecular formula is C21H18FNO4S. The van der Waals surface area contributed by atoms with Gasteiger partial charge < -0.3 is 9.64 Å². The van der Waals surface area contributed by atoms with E-state index in [0.717, 1.165) is 5.56 Å². The van der Waals surface area contributed by atoms with Crippen LogP contribution in [0.2, 0.25) is 0 Å². The molecule has 2 atom stereocenters. The molecule has 2 heterocycles. The molecule has 0 N–H and O–H groups in total.